The van der Waals surface area contributed by atoms with Crippen molar-refractivity contribution in [2.24, 2.45) is 0 Å². The lowest BCUT2D eigenvalue weighted by molar-refractivity contribution is 0.0916. The molecule has 0 fully saturated rings. The summed E-state index contributed by atoms with van der Waals surface area (Å²) in [6.45, 7) is -0.215. The highest BCUT2D eigenvalue weighted by atomic mass is 35.5. The first-order chi connectivity index (χ1) is 10.1. The second kappa shape index (κ2) is 7.20. The van der Waals surface area contributed by atoms with Gasteiger partial charge in [-0.1, -0.05) is 48.0 Å². The molecule has 2 rings (SSSR count). The van der Waals surface area contributed by atoms with Crippen molar-refractivity contribution in [3.63, 3.8) is 0 Å². The second-order valence-electron chi connectivity index (χ2n) is 4.64. The first-order valence-corrected chi connectivity index (χ1v) is 6.89. The Morgan fingerprint density at radius 3 is 2.57 bits per heavy atom. The van der Waals surface area contributed by atoms with E-state index in [1.807, 2.05) is 30.3 Å². The molecule has 0 aliphatic heterocycles. The van der Waals surface area contributed by atoms with Gasteiger partial charge in [-0.3, -0.25) is 4.79 Å². The SMILES string of the molecule is O=C(NC(CO)Cc1ccccc1)c1cccc(F)c1Cl. The summed E-state index contributed by atoms with van der Waals surface area (Å²) >= 11 is 5.78. The molecule has 2 N–H and O–H groups in total. The maximum absolute atomic E-state index is 13.3. The monoisotopic (exact) mass is 307 g/mol. The van der Waals surface area contributed by atoms with Gasteiger partial charge in [0.05, 0.1) is 23.2 Å². The normalized spacial score (nSPS) is 12.0. The van der Waals surface area contributed by atoms with Crippen LogP contribution in [0.2, 0.25) is 5.02 Å². The van der Waals surface area contributed by atoms with E-state index in [4.69, 9.17) is 11.6 Å². The van der Waals surface area contributed by atoms with E-state index in [-0.39, 0.29) is 17.2 Å². The van der Waals surface area contributed by atoms with Gasteiger partial charge in [0.2, 0.25) is 0 Å². The van der Waals surface area contributed by atoms with Gasteiger partial charge in [0.1, 0.15) is 5.82 Å². The summed E-state index contributed by atoms with van der Waals surface area (Å²) in [4.78, 5) is 12.1. The van der Waals surface area contributed by atoms with E-state index in [1.165, 1.54) is 18.2 Å². The summed E-state index contributed by atoms with van der Waals surface area (Å²) in [5.74, 6) is -1.15. The fraction of sp³-hybridized carbons (Fsp3) is 0.188. The van der Waals surface area contributed by atoms with Crippen molar-refractivity contribution in [2.75, 3.05) is 6.61 Å². The van der Waals surface area contributed by atoms with Crippen LogP contribution in [0.5, 0.6) is 0 Å². The first-order valence-electron chi connectivity index (χ1n) is 6.51. The number of aliphatic hydroxyl groups excluding tert-OH is 1. The highest BCUT2D eigenvalue weighted by Crippen LogP contribution is 2.19. The van der Waals surface area contributed by atoms with Gasteiger partial charge in [-0.25, -0.2) is 4.39 Å². The van der Waals surface area contributed by atoms with Gasteiger partial charge in [-0.15, -0.1) is 0 Å². The molecule has 110 valence electrons. The Bertz CT molecular complexity index is 619. The molecule has 0 aromatic heterocycles. The van der Waals surface area contributed by atoms with Gasteiger partial charge >= 0.3 is 0 Å². The fourth-order valence-electron chi connectivity index (χ4n) is 2.00. The van der Waals surface area contributed by atoms with E-state index in [2.05, 4.69) is 5.32 Å². The molecule has 0 spiro atoms. The van der Waals surface area contributed by atoms with Crippen molar-refractivity contribution in [1.29, 1.82) is 0 Å². The van der Waals surface area contributed by atoms with E-state index < -0.39 is 17.8 Å². The molecule has 5 heteroatoms. The van der Waals surface area contributed by atoms with Crippen LogP contribution in [0.4, 0.5) is 4.39 Å². The Morgan fingerprint density at radius 1 is 1.19 bits per heavy atom. The zero-order valence-corrected chi connectivity index (χ0v) is 12.0. The first kappa shape index (κ1) is 15.5. The Hall–Kier alpha value is -1.91. The van der Waals surface area contributed by atoms with Gasteiger partial charge in [-0.05, 0) is 24.1 Å². The molecule has 1 amide bonds. The molecule has 0 aliphatic carbocycles. The third-order valence-corrected chi connectivity index (χ3v) is 3.46. The number of hydrogen-bond acceptors (Lipinski definition) is 2. The molecule has 1 atom stereocenters. The molecule has 21 heavy (non-hydrogen) atoms. The highest BCUT2D eigenvalue weighted by molar-refractivity contribution is 6.34. The van der Waals surface area contributed by atoms with Crippen LogP contribution in [-0.4, -0.2) is 23.7 Å². The fourth-order valence-corrected chi connectivity index (χ4v) is 2.21. The molecule has 0 aliphatic rings. The molecular formula is C16H15ClFNO2. The Labute approximate surface area is 127 Å². The molecule has 2 aromatic carbocycles. The number of benzene rings is 2. The maximum Gasteiger partial charge on any atom is 0.253 e. The minimum Gasteiger partial charge on any atom is -0.394 e. The molecule has 1 unspecified atom stereocenters. The van der Waals surface area contributed by atoms with Gasteiger partial charge in [0.15, 0.2) is 0 Å². The van der Waals surface area contributed by atoms with Crippen LogP contribution in [-0.2, 0) is 6.42 Å². The highest BCUT2D eigenvalue weighted by Gasteiger charge is 2.17. The second-order valence-corrected chi connectivity index (χ2v) is 5.02. The number of halogens is 2. The topological polar surface area (TPSA) is 49.3 Å². The van der Waals surface area contributed by atoms with Crippen LogP contribution >= 0.6 is 11.6 Å². The van der Waals surface area contributed by atoms with Crippen LogP contribution in [0.3, 0.4) is 0 Å². The van der Waals surface area contributed by atoms with Crippen molar-refractivity contribution in [3.8, 4) is 0 Å². The van der Waals surface area contributed by atoms with Crippen LogP contribution in [0.15, 0.2) is 48.5 Å². The van der Waals surface area contributed by atoms with Gasteiger partial charge in [0.25, 0.3) is 5.91 Å². The lowest BCUT2D eigenvalue weighted by Gasteiger charge is -2.17. The van der Waals surface area contributed by atoms with Crippen LogP contribution < -0.4 is 5.32 Å². The minimum atomic E-state index is -0.645. The molecule has 3 nitrogen and oxygen atoms in total. The number of rotatable bonds is 5. The maximum atomic E-state index is 13.3. The number of nitrogens with one attached hydrogen (secondary N) is 1. The summed E-state index contributed by atoms with van der Waals surface area (Å²) in [5.41, 5.74) is 1.05. The van der Waals surface area contributed by atoms with E-state index >= 15 is 0 Å². The van der Waals surface area contributed by atoms with Gasteiger partial charge < -0.3 is 10.4 Å². The van der Waals surface area contributed by atoms with E-state index in [1.54, 1.807) is 0 Å². The summed E-state index contributed by atoms with van der Waals surface area (Å²) in [5, 5.41) is 11.8. The number of carbonyl (C=O) groups is 1. The van der Waals surface area contributed by atoms with Crippen molar-refractivity contribution < 1.29 is 14.3 Å². The van der Waals surface area contributed by atoms with Crippen molar-refractivity contribution >= 4 is 17.5 Å². The van der Waals surface area contributed by atoms with E-state index in [0.717, 1.165) is 5.56 Å². The molecule has 0 heterocycles. The summed E-state index contributed by atoms with van der Waals surface area (Å²) in [6.07, 6.45) is 0.482. The molecule has 0 radical (unpaired) electrons. The number of amides is 1. The third kappa shape index (κ3) is 4.03. The molecule has 0 bridgehead atoms. The quantitative estimate of drug-likeness (QED) is 0.892. The molecule has 0 saturated carbocycles. The predicted molar refractivity (Wildman–Crippen MR) is 79.9 cm³/mol. The number of aliphatic hydroxyl groups is 1. The number of hydrogen-bond donors (Lipinski definition) is 2. The van der Waals surface area contributed by atoms with Gasteiger partial charge in [0, 0.05) is 0 Å². The van der Waals surface area contributed by atoms with Crippen molar-refractivity contribution in [3.05, 3.63) is 70.5 Å². The smallest absolute Gasteiger partial charge is 0.253 e. The van der Waals surface area contributed by atoms with E-state index in [9.17, 15) is 14.3 Å². The average molecular weight is 308 g/mol. The lowest BCUT2D eigenvalue weighted by Crippen LogP contribution is -2.39. The lowest BCUT2D eigenvalue weighted by atomic mass is 10.1. The summed E-state index contributed by atoms with van der Waals surface area (Å²) in [7, 11) is 0. The largest absolute Gasteiger partial charge is 0.394 e. The predicted octanol–water partition coefficient (Wildman–Crippen LogP) is 2.81. The van der Waals surface area contributed by atoms with Gasteiger partial charge in [-0.2, -0.15) is 0 Å². The molecular weight excluding hydrogens is 293 g/mol. The third-order valence-electron chi connectivity index (χ3n) is 3.08. The van der Waals surface area contributed by atoms with Crippen LogP contribution in [0.25, 0.3) is 0 Å². The zero-order chi connectivity index (χ0) is 15.2. The zero-order valence-electron chi connectivity index (χ0n) is 11.2. The molecule has 0 saturated heterocycles. The summed E-state index contributed by atoms with van der Waals surface area (Å²) < 4.78 is 13.3. The minimum absolute atomic E-state index is 0.0585. The van der Waals surface area contributed by atoms with Crippen molar-refractivity contribution in [1.82, 2.24) is 5.32 Å². The Morgan fingerprint density at radius 2 is 1.90 bits per heavy atom. The van der Waals surface area contributed by atoms with Crippen LogP contribution in [0, 0.1) is 5.82 Å². The van der Waals surface area contributed by atoms with Crippen molar-refractivity contribution in [2.45, 2.75) is 12.5 Å². The molecule has 2 aromatic rings. The Balaban J connectivity index is 2.08. The van der Waals surface area contributed by atoms with Crippen LogP contribution in [0.1, 0.15) is 15.9 Å². The Kier molecular flexibility index (Phi) is 5.31. The average Bonchev–Trinajstić information content (AvgIpc) is 2.50. The standard InChI is InChI=1S/C16H15ClFNO2/c17-15-13(7-4-8-14(15)18)16(21)19-12(10-20)9-11-5-2-1-3-6-11/h1-8,12,20H,9-10H2,(H,19,21). The number of carbonyl (C=O) groups excluding carboxylic acids is 1. The summed E-state index contributed by atoms with van der Waals surface area (Å²) in [6, 6.07) is 13.1. The van der Waals surface area contributed by atoms with E-state index in [0.29, 0.717) is 6.42 Å².